The molecular formula is C17H18Cl2N2O2S. The number of hydrogen-bond acceptors (Lipinski definition) is 4. The second-order valence-corrected chi connectivity index (χ2v) is 8.09. The van der Waals surface area contributed by atoms with E-state index in [1.807, 2.05) is 17.0 Å². The Bertz CT molecular complexity index is 773. The van der Waals surface area contributed by atoms with Gasteiger partial charge in [0.1, 0.15) is 4.88 Å². The minimum absolute atomic E-state index is 0.0353. The fourth-order valence-corrected chi connectivity index (χ4v) is 5.24. The molecule has 0 aliphatic carbocycles. The lowest BCUT2D eigenvalue weighted by molar-refractivity contribution is 0.0185. The van der Waals surface area contributed by atoms with Gasteiger partial charge in [0.25, 0.3) is 5.91 Å². The first-order chi connectivity index (χ1) is 11.6. The van der Waals surface area contributed by atoms with Gasteiger partial charge in [-0.05, 0) is 18.6 Å². The van der Waals surface area contributed by atoms with E-state index in [2.05, 4.69) is 4.90 Å². The molecule has 1 unspecified atom stereocenters. The number of halogens is 2. The molecule has 2 aromatic rings. The Kier molecular flexibility index (Phi) is 4.71. The van der Waals surface area contributed by atoms with Crippen molar-refractivity contribution in [3.63, 3.8) is 0 Å². The highest BCUT2D eigenvalue weighted by Gasteiger charge is 2.33. The van der Waals surface area contributed by atoms with E-state index in [0.29, 0.717) is 21.0 Å². The van der Waals surface area contributed by atoms with Crippen LogP contribution in [0.5, 0.6) is 0 Å². The maximum absolute atomic E-state index is 12.9. The highest BCUT2D eigenvalue weighted by atomic mass is 35.5. The summed E-state index contributed by atoms with van der Waals surface area (Å²) in [7, 11) is 0. The fraction of sp³-hybridized carbons (Fsp3) is 0.471. The molecule has 2 fully saturated rings. The highest BCUT2D eigenvalue weighted by molar-refractivity contribution is 7.21. The summed E-state index contributed by atoms with van der Waals surface area (Å²) in [5.74, 6) is 0.0353. The van der Waals surface area contributed by atoms with Gasteiger partial charge in [0.05, 0.1) is 18.2 Å². The van der Waals surface area contributed by atoms with Crippen LogP contribution >= 0.6 is 34.5 Å². The standard InChI is InChI=1S/C17H18Cl2N2O2S/c18-11-1-2-13-14(9-11)24-16(15(13)19)17(22)21-4-3-12(10-21)20-5-7-23-8-6-20/h1-2,9,12H,3-8,10H2. The summed E-state index contributed by atoms with van der Waals surface area (Å²) in [5.41, 5.74) is 0. The van der Waals surface area contributed by atoms with Gasteiger partial charge < -0.3 is 9.64 Å². The minimum atomic E-state index is 0.0353. The number of benzene rings is 1. The third kappa shape index (κ3) is 3.04. The van der Waals surface area contributed by atoms with Crippen LogP contribution in [-0.2, 0) is 4.74 Å². The molecule has 0 radical (unpaired) electrons. The quantitative estimate of drug-likeness (QED) is 0.789. The lowest BCUT2D eigenvalue weighted by atomic mass is 10.2. The van der Waals surface area contributed by atoms with E-state index in [0.717, 1.165) is 55.9 Å². The molecule has 7 heteroatoms. The third-order valence-electron chi connectivity index (χ3n) is 4.80. The summed E-state index contributed by atoms with van der Waals surface area (Å²) in [6, 6.07) is 5.99. The Balaban J connectivity index is 1.53. The number of fused-ring (bicyclic) bond motifs is 1. The molecule has 3 heterocycles. The number of ether oxygens (including phenoxy) is 1. The van der Waals surface area contributed by atoms with Crippen molar-refractivity contribution in [1.29, 1.82) is 0 Å². The van der Waals surface area contributed by atoms with Crippen LogP contribution in [0.15, 0.2) is 18.2 Å². The molecule has 2 aliphatic rings. The smallest absolute Gasteiger partial charge is 0.265 e. The molecule has 1 aromatic carbocycles. The zero-order valence-corrected chi connectivity index (χ0v) is 15.5. The largest absolute Gasteiger partial charge is 0.379 e. The van der Waals surface area contributed by atoms with Crippen LogP contribution < -0.4 is 0 Å². The number of thiophene rings is 1. The van der Waals surface area contributed by atoms with Crippen LogP contribution in [-0.4, -0.2) is 61.1 Å². The number of amides is 1. The van der Waals surface area contributed by atoms with Gasteiger partial charge >= 0.3 is 0 Å². The lowest BCUT2D eigenvalue weighted by Gasteiger charge is -2.32. The van der Waals surface area contributed by atoms with Crippen molar-refractivity contribution in [2.75, 3.05) is 39.4 Å². The second-order valence-electron chi connectivity index (χ2n) is 6.23. The number of likely N-dealkylation sites (tertiary alicyclic amines) is 1. The minimum Gasteiger partial charge on any atom is -0.379 e. The van der Waals surface area contributed by atoms with Crippen molar-refractivity contribution in [3.8, 4) is 0 Å². The van der Waals surface area contributed by atoms with Crippen LogP contribution in [0.25, 0.3) is 10.1 Å². The van der Waals surface area contributed by atoms with Gasteiger partial charge in [-0.2, -0.15) is 0 Å². The van der Waals surface area contributed by atoms with Gasteiger partial charge in [0, 0.05) is 47.3 Å². The zero-order chi connectivity index (χ0) is 16.7. The molecule has 0 saturated carbocycles. The van der Waals surface area contributed by atoms with Crippen LogP contribution in [0.3, 0.4) is 0 Å². The molecule has 0 bridgehead atoms. The number of nitrogens with zero attached hydrogens (tertiary/aromatic N) is 2. The van der Waals surface area contributed by atoms with Gasteiger partial charge in [-0.25, -0.2) is 0 Å². The molecule has 1 atom stereocenters. The lowest BCUT2D eigenvalue weighted by Crippen LogP contribution is -2.45. The third-order valence-corrected chi connectivity index (χ3v) is 6.68. The molecule has 2 saturated heterocycles. The molecule has 1 aromatic heterocycles. The number of carbonyl (C=O) groups is 1. The SMILES string of the molecule is O=C(c1sc2cc(Cl)ccc2c1Cl)N1CCC(N2CCOCC2)C1. The van der Waals surface area contributed by atoms with Gasteiger partial charge in [0.15, 0.2) is 0 Å². The summed E-state index contributed by atoms with van der Waals surface area (Å²) in [6.45, 7) is 5.03. The van der Waals surface area contributed by atoms with Crippen molar-refractivity contribution in [1.82, 2.24) is 9.80 Å². The van der Waals surface area contributed by atoms with Crippen LogP contribution in [0, 0.1) is 0 Å². The van der Waals surface area contributed by atoms with Gasteiger partial charge in [-0.3, -0.25) is 9.69 Å². The maximum atomic E-state index is 12.9. The van der Waals surface area contributed by atoms with Gasteiger partial charge in [-0.15, -0.1) is 11.3 Å². The topological polar surface area (TPSA) is 32.8 Å². The van der Waals surface area contributed by atoms with E-state index in [4.69, 9.17) is 27.9 Å². The average molecular weight is 385 g/mol. The molecule has 1 amide bonds. The zero-order valence-electron chi connectivity index (χ0n) is 13.1. The van der Waals surface area contributed by atoms with Crippen molar-refractivity contribution in [2.24, 2.45) is 0 Å². The predicted octanol–water partition coefficient (Wildman–Crippen LogP) is 3.75. The molecule has 4 nitrogen and oxygen atoms in total. The van der Waals surface area contributed by atoms with Crippen LogP contribution in [0.4, 0.5) is 0 Å². The van der Waals surface area contributed by atoms with Crippen molar-refractivity contribution in [2.45, 2.75) is 12.5 Å². The Morgan fingerprint density at radius 1 is 1.21 bits per heavy atom. The normalized spacial score (nSPS) is 22.4. The molecule has 24 heavy (non-hydrogen) atoms. The highest BCUT2D eigenvalue weighted by Crippen LogP contribution is 2.38. The van der Waals surface area contributed by atoms with E-state index in [-0.39, 0.29) is 5.91 Å². The fourth-order valence-electron chi connectivity index (χ4n) is 3.49. The van der Waals surface area contributed by atoms with Gasteiger partial charge in [-0.1, -0.05) is 29.3 Å². The second kappa shape index (κ2) is 6.81. The number of carbonyl (C=O) groups excluding carboxylic acids is 1. The van der Waals surface area contributed by atoms with Crippen molar-refractivity contribution in [3.05, 3.63) is 33.1 Å². The van der Waals surface area contributed by atoms with E-state index in [1.54, 1.807) is 6.07 Å². The predicted molar refractivity (Wildman–Crippen MR) is 98.5 cm³/mol. The van der Waals surface area contributed by atoms with Gasteiger partial charge in [0.2, 0.25) is 0 Å². The molecule has 4 rings (SSSR count). The number of rotatable bonds is 2. The summed E-state index contributed by atoms with van der Waals surface area (Å²) in [6.07, 6.45) is 1.01. The Hall–Kier alpha value is -0.850. The van der Waals surface area contributed by atoms with E-state index >= 15 is 0 Å². The summed E-state index contributed by atoms with van der Waals surface area (Å²) >= 11 is 13.9. The average Bonchev–Trinajstić information content (AvgIpc) is 3.20. The van der Waals surface area contributed by atoms with E-state index in [1.165, 1.54) is 11.3 Å². The van der Waals surface area contributed by atoms with Crippen LogP contribution in [0.1, 0.15) is 16.1 Å². The Morgan fingerprint density at radius 3 is 2.79 bits per heavy atom. The molecule has 0 N–H and O–H groups in total. The van der Waals surface area contributed by atoms with Crippen molar-refractivity contribution >= 4 is 50.5 Å². The first-order valence-electron chi connectivity index (χ1n) is 8.12. The molecular weight excluding hydrogens is 367 g/mol. The first-order valence-corrected chi connectivity index (χ1v) is 9.69. The van der Waals surface area contributed by atoms with E-state index < -0.39 is 0 Å². The monoisotopic (exact) mass is 384 g/mol. The molecule has 128 valence electrons. The Labute approximate surface area is 154 Å². The maximum Gasteiger partial charge on any atom is 0.265 e. The van der Waals surface area contributed by atoms with E-state index in [9.17, 15) is 4.79 Å². The summed E-state index contributed by atoms with van der Waals surface area (Å²) < 4.78 is 6.37. The molecule has 2 aliphatic heterocycles. The number of hydrogen-bond donors (Lipinski definition) is 0. The summed E-state index contributed by atoms with van der Waals surface area (Å²) in [5, 5.41) is 2.11. The van der Waals surface area contributed by atoms with Crippen molar-refractivity contribution < 1.29 is 9.53 Å². The molecule has 0 spiro atoms. The first kappa shape index (κ1) is 16.6. The Morgan fingerprint density at radius 2 is 2.00 bits per heavy atom. The number of morpholine rings is 1. The summed E-state index contributed by atoms with van der Waals surface area (Å²) in [4.78, 5) is 17.9. The van der Waals surface area contributed by atoms with Crippen LogP contribution in [0.2, 0.25) is 10.0 Å².